The zero-order chi connectivity index (χ0) is 13.5. The smallest absolute Gasteiger partial charge is 0.222 e. The van der Waals surface area contributed by atoms with E-state index in [9.17, 15) is 4.79 Å². The number of carbonyl (C=O) groups excluding carboxylic acids is 1. The molecule has 2 aliphatic rings. The van der Waals surface area contributed by atoms with E-state index in [1.807, 2.05) is 4.90 Å². The van der Waals surface area contributed by atoms with Crippen molar-refractivity contribution in [1.82, 2.24) is 10.2 Å². The van der Waals surface area contributed by atoms with E-state index in [0.717, 1.165) is 19.5 Å². The molecule has 2 rings (SSSR count). The van der Waals surface area contributed by atoms with E-state index in [0.29, 0.717) is 24.9 Å². The van der Waals surface area contributed by atoms with Crippen LogP contribution in [0.25, 0.3) is 0 Å². The summed E-state index contributed by atoms with van der Waals surface area (Å²) in [6.07, 6.45) is 9.35. The van der Waals surface area contributed by atoms with Gasteiger partial charge in [-0.15, -0.1) is 0 Å². The van der Waals surface area contributed by atoms with Crippen molar-refractivity contribution in [3.8, 4) is 0 Å². The lowest BCUT2D eigenvalue weighted by Gasteiger charge is -2.28. The van der Waals surface area contributed by atoms with Crippen LogP contribution in [0, 0.1) is 5.92 Å². The average molecular weight is 268 g/mol. The molecule has 4 nitrogen and oxygen atoms in total. The lowest BCUT2D eigenvalue weighted by Crippen LogP contribution is -2.43. The van der Waals surface area contributed by atoms with Crippen molar-refractivity contribution in [2.24, 2.45) is 5.92 Å². The van der Waals surface area contributed by atoms with Gasteiger partial charge in [-0.2, -0.15) is 0 Å². The first-order chi connectivity index (χ1) is 9.29. The highest BCUT2D eigenvalue weighted by atomic mass is 16.3. The topological polar surface area (TPSA) is 52.6 Å². The van der Waals surface area contributed by atoms with E-state index in [-0.39, 0.29) is 12.5 Å². The molecule has 0 bridgehead atoms. The van der Waals surface area contributed by atoms with Crippen molar-refractivity contribution < 1.29 is 9.90 Å². The molecule has 1 heterocycles. The average Bonchev–Trinajstić information content (AvgIpc) is 2.92. The second kappa shape index (κ2) is 7.85. The van der Waals surface area contributed by atoms with Crippen molar-refractivity contribution in [2.75, 3.05) is 26.2 Å². The van der Waals surface area contributed by atoms with Crippen LogP contribution in [-0.4, -0.2) is 48.2 Å². The molecule has 1 amide bonds. The summed E-state index contributed by atoms with van der Waals surface area (Å²) < 4.78 is 0. The van der Waals surface area contributed by atoms with Crippen molar-refractivity contribution in [3.05, 3.63) is 0 Å². The highest BCUT2D eigenvalue weighted by Crippen LogP contribution is 2.26. The second-order valence-corrected chi connectivity index (χ2v) is 6.06. The number of rotatable bonds is 6. The Morgan fingerprint density at radius 1 is 1.16 bits per heavy atom. The van der Waals surface area contributed by atoms with Crippen LogP contribution >= 0.6 is 0 Å². The van der Waals surface area contributed by atoms with Gasteiger partial charge in [-0.1, -0.05) is 19.3 Å². The number of carbonyl (C=O) groups is 1. The van der Waals surface area contributed by atoms with E-state index >= 15 is 0 Å². The second-order valence-electron chi connectivity index (χ2n) is 6.06. The molecule has 19 heavy (non-hydrogen) atoms. The highest BCUT2D eigenvalue weighted by Gasteiger charge is 2.24. The fraction of sp³-hybridized carbons (Fsp3) is 0.933. The van der Waals surface area contributed by atoms with E-state index in [2.05, 4.69) is 5.32 Å². The van der Waals surface area contributed by atoms with Gasteiger partial charge >= 0.3 is 0 Å². The Balaban J connectivity index is 1.80. The lowest BCUT2D eigenvalue weighted by molar-refractivity contribution is -0.133. The van der Waals surface area contributed by atoms with Crippen LogP contribution in [-0.2, 0) is 4.79 Å². The third-order valence-corrected chi connectivity index (χ3v) is 4.51. The van der Waals surface area contributed by atoms with Gasteiger partial charge in [-0.25, -0.2) is 0 Å². The van der Waals surface area contributed by atoms with E-state index < -0.39 is 0 Å². The molecule has 1 aliphatic carbocycles. The van der Waals surface area contributed by atoms with E-state index in [1.54, 1.807) is 0 Å². The summed E-state index contributed by atoms with van der Waals surface area (Å²) >= 11 is 0. The van der Waals surface area contributed by atoms with Gasteiger partial charge in [0.25, 0.3) is 0 Å². The first-order valence-electron chi connectivity index (χ1n) is 7.91. The molecule has 1 saturated heterocycles. The minimum Gasteiger partial charge on any atom is -0.395 e. The summed E-state index contributed by atoms with van der Waals surface area (Å²) in [5.41, 5.74) is 0. The maximum atomic E-state index is 12.4. The van der Waals surface area contributed by atoms with Gasteiger partial charge in [0.05, 0.1) is 6.61 Å². The summed E-state index contributed by atoms with van der Waals surface area (Å²) in [6.45, 7) is 2.40. The Morgan fingerprint density at radius 2 is 1.95 bits per heavy atom. The molecule has 0 radical (unpaired) electrons. The van der Waals surface area contributed by atoms with Crippen LogP contribution in [0.1, 0.15) is 51.4 Å². The molecule has 1 aliphatic heterocycles. The van der Waals surface area contributed by atoms with Gasteiger partial charge < -0.3 is 15.3 Å². The van der Waals surface area contributed by atoms with Gasteiger partial charge in [0.1, 0.15) is 0 Å². The maximum Gasteiger partial charge on any atom is 0.222 e. The largest absolute Gasteiger partial charge is 0.395 e. The first kappa shape index (κ1) is 14.8. The molecule has 1 unspecified atom stereocenters. The van der Waals surface area contributed by atoms with Crippen LogP contribution < -0.4 is 5.32 Å². The summed E-state index contributed by atoms with van der Waals surface area (Å²) in [7, 11) is 0. The predicted molar refractivity (Wildman–Crippen MR) is 75.9 cm³/mol. The Labute approximate surface area is 116 Å². The van der Waals surface area contributed by atoms with Gasteiger partial charge in [0.15, 0.2) is 0 Å². The number of nitrogens with one attached hydrogen (secondary N) is 1. The molecule has 2 N–H and O–H groups in total. The summed E-state index contributed by atoms with van der Waals surface area (Å²) in [5.74, 6) is 0.827. The molecular formula is C15H28N2O2. The molecule has 0 spiro atoms. The molecule has 1 saturated carbocycles. The van der Waals surface area contributed by atoms with Crippen LogP contribution in [0.5, 0.6) is 0 Å². The fourth-order valence-electron chi connectivity index (χ4n) is 3.38. The summed E-state index contributed by atoms with van der Waals surface area (Å²) in [5, 5.41) is 12.6. The van der Waals surface area contributed by atoms with Crippen LogP contribution in [0.4, 0.5) is 0 Å². The van der Waals surface area contributed by atoms with E-state index in [4.69, 9.17) is 5.11 Å². The monoisotopic (exact) mass is 268 g/mol. The molecule has 0 aromatic carbocycles. The van der Waals surface area contributed by atoms with Crippen molar-refractivity contribution >= 4 is 5.91 Å². The van der Waals surface area contributed by atoms with Gasteiger partial charge in [0.2, 0.25) is 5.91 Å². The molecule has 110 valence electrons. The molecule has 1 atom stereocenters. The van der Waals surface area contributed by atoms with Crippen LogP contribution in [0.2, 0.25) is 0 Å². The highest BCUT2D eigenvalue weighted by molar-refractivity contribution is 5.76. The van der Waals surface area contributed by atoms with E-state index in [1.165, 1.54) is 38.5 Å². The molecule has 2 fully saturated rings. The number of aliphatic hydroxyl groups is 1. The Bertz CT molecular complexity index is 271. The lowest BCUT2D eigenvalue weighted by atomic mass is 9.86. The Hall–Kier alpha value is -0.610. The zero-order valence-electron chi connectivity index (χ0n) is 11.9. The normalized spacial score (nSPS) is 24.6. The fourth-order valence-corrected chi connectivity index (χ4v) is 3.38. The Kier molecular flexibility index (Phi) is 6.11. The number of hydrogen-bond acceptors (Lipinski definition) is 3. The minimum atomic E-state index is 0.0725. The Morgan fingerprint density at radius 3 is 2.58 bits per heavy atom. The van der Waals surface area contributed by atoms with Crippen LogP contribution in [0.3, 0.4) is 0 Å². The number of amides is 1. The minimum absolute atomic E-state index is 0.0725. The van der Waals surface area contributed by atoms with Crippen molar-refractivity contribution in [1.29, 1.82) is 0 Å². The SMILES string of the molecule is O=C(CC1CCCCC1)N(CCO)CC1CCCN1. The van der Waals surface area contributed by atoms with Gasteiger partial charge in [-0.3, -0.25) is 4.79 Å². The number of aliphatic hydroxyl groups excluding tert-OH is 1. The van der Waals surface area contributed by atoms with Gasteiger partial charge in [-0.05, 0) is 38.1 Å². The van der Waals surface area contributed by atoms with Gasteiger partial charge in [0, 0.05) is 25.6 Å². The molecule has 0 aromatic heterocycles. The maximum absolute atomic E-state index is 12.4. The summed E-state index contributed by atoms with van der Waals surface area (Å²) in [6, 6.07) is 0.432. The standard InChI is InChI=1S/C15H28N2O2/c18-10-9-17(12-14-7-4-8-16-14)15(19)11-13-5-2-1-3-6-13/h13-14,16,18H,1-12H2. The summed E-state index contributed by atoms with van der Waals surface area (Å²) in [4.78, 5) is 14.2. The third-order valence-electron chi connectivity index (χ3n) is 4.51. The molecule has 0 aromatic rings. The van der Waals surface area contributed by atoms with Crippen molar-refractivity contribution in [3.63, 3.8) is 0 Å². The third kappa shape index (κ3) is 4.77. The van der Waals surface area contributed by atoms with Crippen molar-refractivity contribution in [2.45, 2.75) is 57.4 Å². The first-order valence-corrected chi connectivity index (χ1v) is 7.91. The number of nitrogens with zero attached hydrogens (tertiary/aromatic N) is 1. The number of hydrogen-bond donors (Lipinski definition) is 2. The predicted octanol–water partition coefficient (Wildman–Crippen LogP) is 1.53. The molecular weight excluding hydrogens is 240 g/mol. The van der Waals surface area contributed by atoms with Crippen LogP contribution in [0.15, 0.2) is 0 Å². The molecule has 4 heteroatoms. The quantitative estimate of drug-likeness (QED) is 0.768. The zero-order valence-corrected chi connectivity index (χ0v) is 11.9.